The second-order valence-corrected chi connectivity index (χ2v) is 4.08. The van der Waals surface area contributed by atoms with E-state index < -0.39 is 12.2 Å². The summed E-state index contributed by atoms with van der Waals surface area (Å²) in [6.07, 6.45) is -0.158. The molecule has 2 aromatic rings. The van der Waals surface area contributed by atoms with E-state index in [2.05, 4.69) is 4.98 Å². The van der Waals surface area contributed by atoms with Gasteiger partial charge in [-0.3, -0.25) is 4.98 Å². The first-order chi connectivity index (χ1) is 8.72. The Kier molecular flexibility index (Phi) is 4.04. The Morgan fingerprint density at radius 3 is 2.33 bits per heavy atom. The molecular weight excluding hydrogens is 228 g/mol. The molecule has 0 saturated carbocycles. The maximum absolute atomic E-state index is 9.80. The van der Waals surface area contributed by atoms with Gasteiger partial charge < -0.3 is 15.9 Å². The van der Waals surface area contributed by atoms with Crippen molar-refractivity contribution in [1.29, 1.82) is 0 Å². The monoisotopic (exact) mass is 244 g/mol. The summed E-state index contributed by atoms with van der Waals surface area (Å²) in [7, 11) is 0. The number of hydrogen-bond donors (Lipinski definition) is 3. The molecule has 0 spiro atoms. The summed E-state index contributed by atoms with van der Waals surface area (Å²) < 4.78 is 0. The zero-order chi connectivity index (χ0) is 13.0. The van der Waals surface area contributed by atoms with Gasteiger partial charge in [0.25, 0.3) is 0 Å². The SMILES string of the molecule is NCC(O)C(O)c1ccc(-c2ccccn2)cc1. The van der Waals surface area contributed by atoms with Gasteiger partial charge in [-0.1, -0.05) is 30.3 Å². The van der Waals surface area contributed by atoms with Crippen molar-refractivity contribution >= 4 is 0 Å². The highest BCUT2D eigenvalue weighted by atomic mass is 16.3. The fourth-order valence-corrected chi connectivity index (χ4v) is 1.74. The summed E-state index contributed by atoms with van der Waals surface area (Å²) in [5.41, 5.74) is 7.80. The Morgan fingerprint density at radius 1 is 1.06 bits per heavy atom. The lowest BCUT2D eigenvalue weighted by molar-refractivity contribution is 0.0243. The molecule has 0 saturated heterocycles. The Hall–Kier alpha value is -1.75. The van der Waals surface area contributed by atoms with Gasteiger partial charge in [0.2, 0.25) is 0 Å². The van der Waals surface area contributed by atoms with Crippen molar-refractivity contribution in [3.63, 3.8) is 0 Å². The molecule has 0 fully saturated rings. The molecule has 1 heterocycles. The first-order valence-electron chi connectivity index (χ1n) is 5.80. The highest BCUT2D eigenvalue weighted by Gasteiger charge is 2.16. The van der Waals surface area contributed by atoms with Crippen molar-refractivity contribution in [2.45, 2.75) is 12.2 Å². The molecule has 2 atom stereocenters. The van der Waals surface area contributed by atoms with Gasteiger partial charge in [-0.2, -0.15) is 0 Å². The van der Waals surface area contributed by atoms with E-state index in [4.69, 9.17) is 5.73 Å². The topological polar surface area (TPSA) is 79.4 Å². The second-order valence-electron chi connectivity index (χ2n) is 4.08. The number of hydrogen-bond acceptors (Lipinski definition) is 4. The first kappa shape index (κ1) is 12.7. The third-order valence-corrected chi connectivity index (χ3v) is 2.82. The predicted molar refractivity (Wildman–Crippen MR) is 69.7 cm³/mol. The molecule has 18 heavy (non-hydrogen) atoms. The molecule has 0 radical (unpaired) electrons. The lowest BCUT2D eigenvalue weighted by Gasteiger charge is -2.16. The number of aliphatic hydroxyl groups is 2. The summed E-state index contributed by atoms with van der Waals surface area (Å²) >= 11 is 0. The highest BCUT2D eigenvalue weighted by Crippen LogP contribution is 2.21. The largest absolute Gasteiger partial charge is 0.389 e. The van der Waals surface area contributed by atoms with Crippen LogP contribution in [0.25, 0.3) is 11.3 Å². The summed E-state index contributed by atoms with van der Waals surface area (Å²) in [4.78, 5) is 4.24. The molecule has 0 bridgehead atoms. The van der Waals surface area contributed by atoms with E-state index in [1.807, 2.05) is 30.3 Å². The molecule has 94 valence electrons. The van der Waals surface area contributed by atoms with Gasteiger partial charge in [0.1, 0.15) is 6.10 Å². The van der Waals surface area contributed by atoms with Gasteiger partial charge in [0.05, 0.1) is 11.8 Å². The molecule has 2 unspecified atom stereocenters. The fraction of sp³-hybridized carbons (Fsp3) is 0.214. The van der Waals surface area contributed by atoms with E-state index in [1.165, 1.54) is 0 Å². The van der Waals surface area contributed by atoms with Gasteiger partial charge in [0, 0.05) is 18.3 Å². The maximum atomic E-state index is 9.80. The summed E-state index contributed by atoms with van der Waals surface area (Å²) in [5, 5.41) is 19.3. The van der Waals surface area contributed by atoms with Gasteiger partial charge in [-0.25, -0.2) is 0 Å². The predicted octanol–water partition coefficient (Wildman–Crippen LogP) is 1.10. The van der Waals surface area contributed by atoms with Crippen molar-refractivity contribution < 1.29 is 10.2 Å². The van der Waals surface area contributed by atoms with Crippen LogP contribution in [0.1, 0.15) is 11.7 Å². The molecule has 1 aromatic heterocycles. The van der Waals surface area contributed by atoms with Crippen LogP contribution >= 0.6 is 0 Å². The Bertz CT molecular complexity index is 485. The molecule has 0 amide bonds. The van der Waals surface area contributed by atoms with Gasteiger partial charge in [0.15, 0.2) is 0 Å². The van der Waals surface area contributed by atoms with Crippen LogP contribution < -0.4 is 5.73 Å². The molecule has 4 nitrogen and oxygen atoms in total. The Balaban J connectivity index is 2.20. The number of nitrogens with two attached hydrogens (primary N) is 1. The number of pyridine rings is 1. The van der Waals surface area contributed by atoms with Gasteiger partial charge in [-0.05, 0) is 17.7 Å². The number of rotatable bonds is 4. The smallest absolute Gasteiger partial charge is 0.106 e. The average Bonchev–Trinajstić information content (AvgIpc) is 2.47. The maximum Gasteiger partial charge on any atom is 0.106 e. The lowest BCUT2D eigenvalue weighted by Crippen LogP contribution is -2.27. The Morgan fingerprint density at radius 2 is 1.78 bits per heavy atom. The molecule has 0 aliphatic heterocycles. The van der Waals surface area contributed by atoms with Crippen molar-refractivity contribution in [2.75, 3.05) is 6.54 Å². The molecule has 1 aromatic carbocycles. The number of aliphatic hydroxyl groups excluding tert-OH is 2. The molecule has 0 aliphatic rings. The lowest BCUT2D eigenvalue weighted by atomic mass is 10.0. The van der Waals surface area contributed by atoms with E-state index in [-0.39, 0.29) is 6.54 Å². The Labute approximate surface area is 106 Å². The highest BCUT2D eigenvalue weighted by molar-refractivity contribution is 5.59. The minimum atomic E-state index is -0.951. The van der Waals surface area contributed by atoms with Crippen molar-refractivity contribution in [3.05, 3.63) is 54.2 Å². The van der Waals surface area contributed by atoms with Gasteiger partial charge >= 0.3 is 0 Å². The third kappa shape index (κ3) is 2.73. The number of aromatic nitrogens is 1. The minimum Gasteiger partial charge on any atom is -0.389 e. The van der Waals surface area contributed by atoms with E-state index in [0.29, 0.717) is 5.56 Å². The quantitative estimate of drug-likeness (QED) is 0.752. The van der Waals surface area contributed by atoms with Gasteiger partial charge in [-0.15, -0.1) is 0 Å². The fourth-order valence-electron chi connectivity index (χ4n) is 1.74. The van der Waals surface area contributed by atoms with Crippen LogP contribution in [-0.4, -0.2) is 27.8 Å². The third-order valence-electron chi connectivity index (χ3n) is 2.82. The van der Waals surface area contributed by atoms with Crippen LogP contribution in [0.3, 0.4) is 0 Å². The van der Waals surface area contributed by atoms with Crippen molar-refractivity contribution in [3.8, 4) is 11.3 Å². The summed E-state index contributed by atoms with van der Waals surface area (Å²) in [6.45, 7) is 0.0309. The molecular formula is C14H16N2O2. The van der Waals surface area contributed by atoms with E-state index in [9.17, 15) is 10.2 Å². The van der Waals surface area contributed by atoms with Crippen molar-refractivity contribution in [2.24, 2.45) is 5.73 Å². The minimum absolute atomic E-state index is 0.0309. The zero-order valence-electron chi connectivity index (χ0n) is 9.90. The van der Waals surface area contributed by atoms with Crippen LogP contribution in [0.4, 0.5) is 0 Å². The average molecular weight is 244 g/mol. The molecule has 0 aliphatic carbocycles. The van der Waals surface area contributed by atoms with E-state index in [0.717, 1.165) is 11.3 Å². The first-order valence-corrected chi connectivity index (χ1v) is 5.80. The molecule has 4 N–H and O–H groups in total. The standard InChI is InChI=1S/C14H16N2O2/c15-9-13(17)14(18)11-6-4-10(5-7-11)12-3-1-2-8-16-12/h1-8,13-14,17-18H,9,15H2. The summed E-state index contributed by atoms with van der Waals surface area (Å²) in [5.74, 6) is 0. The van der Waals surface area contributed by atoms with Crippen LogP contribution in [-0.2, 0) is 0 Å². The van der Waals surface area contributed by atoms with Crippen LogP contribution in [0, 0.1) is 0 Å². The zero-order valence-corrected chi connectivity index (χ0v) is 9.90. The normalized spacial score (nSPS) is 14.2. The van der Waals surface area contributed by atoms with Crippen LogP contribution in [0.2, 0.25) is 0 Å². The molecule has 4 heteroatoms. The van der Waals surface area contributed by atoms with E-state index >= 15 is 0 Å². The number of nitrogens with zero attached hydrogens (tertiary/aromatic N) is 1. The number of benzene rings is 1. The summed E-state index contributed by atoms with van der Waals surface area (Å²) in [6, 6.07) is 13.0. The molecule has 2 rings (SSSR count). The van der Waals surface area contributed by atoms with Crippen LogP contribution in [0.15, 0.2) is 48.7 Å². The van der Waals surface area contributed by atoms with Crippen LogP contribution in [0.5, 0.6) is 0 Å². The van der Waals surface area contributed by atoms with E-state index in [1.54, 1.807) is 18.3 Å². The van der Waals surface area contributed by atoms with Crippen molar-refractivity contribution in [1.82, 2.24) is 4.98 Å². The second kappa shape index (κ2) is 5.73.